The maximum absolute atomic E-state index is 6.12. The summed E-state index contributed by atoms with van der Waals surface area (Å²) >= 11 is 6.12. The van der Waals surface area contributed by atoms with Crippen LogP contribution in [0.25, 0.3) is 0 Å². The van der Waals surface area contributed by atoms with Crippen molar-refractivity contribution in [1.82, 2.24) is 0 Å². The van der Waals surface area contributed by atoms with Crippen molar-refractivity contribution in [1.29, 1.82) is 0 Å². The Morgan fingerprint density at radius 3 is 2.62 bits per heavy atom. The molecule has 140 valence electrons. The van der Waals surface area contributed by atoms with Gasteiger partial charge in [0.15, 0.2) is 11.5 Å². The topological polar surface area (TPSA) is 42.8 Å². The highest BCUT2D eigenvalue weighted by Gasteiger charge is 2.06. The first-order valence-electron chi connectivity index (χ1n) is 9.09. The molecule has 2 rings (SSSR count). The maximum atomic E-state index is 6.12. The molecule has 0 aromatic heterocycles. The minimum Gasteiger partial charge on any atom is -0.490 e. The molecule has 0 saturated heterocycles. The van der Waals surface area contributed by atoms with Gasteiger partial charge in [0.25, 0.3) is 0 Å². The highest BCUT2D eigenvalue weighted by atomic mass is 35.5. The predicted octanol–water partition coefficient (Wildman–Crippen LogP) is 6.06. The number of aryl methyl sites for hydroxylation is 1. The fourth-order valence-electron chi connectivity index (χ4n) is 2.37. The van der Waals surface area contributed by atoms with Crippen LogP contribution < -0.4 is 14.9 Å². The van der Waals surface area contributed by atoms with Gasteiger partial charge in [0.1, 0.15) is 0 Å². The summed E-state index contributed by atoms with van der Waals surface area (Å²) in [6, 6.07) is 11.6. The van der Waals surface area contributed by atoms with Gasteiger partial charge in [-0.25, -0.2) is 0 Å². The molecule has 0 saturated carbocycles. The smallest absolute Gasteiger partial charge is 0.161 e. The van der Waals surface area contributed by atoms with Crippen molar-refractivity contribution < 1.29 is 9.47 Å². The van der Waals surface area contributed by atoms with Gasteiger partial charge in [0.05, 0.1) is 25.1 Å². The van der Waals surface area contributed by atoms with E-state index >= 15 is 0 Å². The first-order chi connectivity index (χ1) is 12.6. The van der Waals surface area contributed by atoms with Gasteiger partial charge in [-0.05, 0) is 61.7 Å². The summed E-state index contributed by atoms with van der Waals surface area (Å²) in [7, 11) is 0. The van der Waals surface area contributed by atoms with E-state index in [2.05, 4.69) is 17.5 Å². The van der Waals surface area contributed by atoms with E-state index in [1.165, 1.54) is 12.8 Å². The highest BCUT2D eigenvalue weighted by Crippen LogP contribution is 2.28. The first-order valence-corrected chi connectivity index (χ1v) is 9.46. The number of ether oxygens (including phenoxy) is 2. The molecule has 0 aliphatic rings. The normalized spacial score (nSPS) is 10.9. The quantitative estimate of drug-likeness (QED) is 0.312. The maximum Gasteiger partial charge on any atom is 0.161 e. The largest absolute Gasteiger partial charge is 0.490 e. The van der Waals surface area contributed by atoms with Crippen LogP contribution in [0.3, 0.4) is 0 Å². The number of rotatable bonds is 10. The van der Waals surface area contributed by atoms with Gasteiger partial charge in [-0.2, -0.15) is 5.10 Å². The minimum absolute atomic E-state index is 0.589. The van der Waals surface area contributed by atoms with Gasteiger partial charge in [-0.3, -0.25) is 5.43 Å². The number of hydrogen-bond donors (Lipinski definition) is 1. The van der Waals surface area contributed by atoms with Gasteiger partial charge in [-0.15, -0.1) is 0 Å². The molecule has 2 aromatic rings. The summed E-state index contributed by atoms with van der Waals surface area (Å²) in [4.78, 5) is 0. The second-order valence-electron chi connectivity index (χ2n) is 6.03. The number of halogens is 1. The van der Waals surface area contributed by atoms with Crippen LogP contribution in [0, 0.1) is 6.92 Å². The van der Waals surface area contributed by atoms with E-state index in [0.717, 1.165) is 34.7 Å². The standard InChI is InChI=1S/C21H27ClN2O2/c1-4-6-7-12-26-20-11-9-17(13-21(20)25-5-2)15-23-24-18-10-8-16(3)19(22)14-18/h8-11,13-15,24H,4-7,12H2,1-3H3/b23-15+. The Morgan fingerprint density at radius 2 is 1.88 bits per heavy atom. The SMILES string of the molecule is CCCCCOc1ccc(/C=N/Nc2ccc(C)c(Cl)c2)cc1OCC. The Labute approximate surface area is 161 Å². The van der Waals surface area contributed by atoms with E-state index in [1.807, 2.05) is 50.2 Å². The van der Waals surface area contributed by atoms with E-state index < -0.39 is 0 Å². The van der Waals surface area contributed by atoms with Gasteiger partial charge in [0, 0.05) is 5.02 Å². The average molecular weight is 375 g/mol. The second-order valence-corrected chi connectivity index (χ2v) is 6.44. The zero-order valence-corrected chi connectivity index (χ0v) is 16.5. The summed E-state index contributed by atoms with van der Waals surface area (Å²) in [5.41, 5.74) is 5.80. The zero-order valence-electron chi connectivity index (χ0n) is 15.7. The molecule has 0 atom stereocenters. The monoisotopic (exact) mass is 374 g/mol. The molecule has 1 N–H and O–H groups in total. The lowest BCUT2D eigenvalue weighted by atomic mass is 10.2. The molecule has 0 spiro atoms. The molecule has 0 unspecified atom stereocenters. The Kier molecular flexibility index (Phi) is 8.29. The molecular formula is C21H27ClN2O2. The highest BCUT2D eigenvalue weighted by molar-refractivity contribution is 6.31. The Bertz CT molecular complexity index is 732. The zero-order chi connectivity index (χ0) is 18.8. The Hall–Kier alpha value is -2.20. The molecule has 0 aliphatic carbocycles. The third-order valence-corrected chi connectivity index (χ3v) is 4.26. The van der Waals surface area contributed by atoms with Crippen LogP contribution in [0.2, 0.25) is 5.02 Å². The predicted molar refractivity (Wildman–Crippen MR) is 110 cm³/mol. The third-order valence-electron chi connectivity index (χ3n) is 3.85. The third kappa shape index (κ3) is 6.26. The molecule has 0 radical (unpaired) electrons. The van der Waals surface area contributed by atoms with Crippen LogP contribution >= 0.6 is 11.6 Å². The van der Waals surface area contributed by atoms with Crippen LogP contribution in [0.5, 0.6) is 11.5 Å². The molecule has 0 fully saturated rings. The van der Waals surface area contributed by atoms with Crippen molar-refractivity contribution in [3.63, 3.8) is 0 Å². The van der Waals surface area contributed by atoms with E-state index in [1.54, 1.807) is 6.21 Å². The summed E-state index contributed by atoms with van der Waals surface area (Å²) < 4.78 is 11.5. The van der Waals surface area contributed by atoms with E-state index in [9.17, 15) is 0 Å². The molecular weight excluding hydrogens is 348 g/mol. The lowest BCUT2D eigenvalue weighted by molar-refractivity contribution is 0.271. The van der Waals surface area contributed by atoms with Gasteiger partial charge >= 0.3 is 0 Å². The van der Waals surface area contributed by atoms with Crippen LogP contribution in [0.1, 0.15) is 44.2 Å². The molecule has 0 heterocycles. The van der Waals surface area contributed by atoms with Crippen LogP contribution in [-0.2, 0) is 0 Å². The number of nitrogens with zero attached hydrogens (tertiary/aromatic N) is 1. The van der Waals surface area contributed by atoms with Crippen molar-refractivity contribution in [3.8, 4) is 11.5 Å². The lowest BCUT2D eigenvalue weighted by Crippen LogP contribution is -2.01. The van der Waals surface area contributed by atoms with E-state index in [-0.39, 0.29) is 0 Å². The fourth-order valence-corrected chi connectivity index (χ4v) is 2.55. The summed E-state index contributed by atoms with van der Waals surface area (Å²) in [5, 5.41) is 4.99. The molecule has 2 aromatic carbocycles. The number of nitrogens with one attached hydrogen (secondary N) is 1. The molecule has 26 heavy (non-hydrogen) atoms. The fraction of sp³-hybridized carbons (Fsp3) is 0.381. The van der Waals surface area contributed by atoms with E-state index in [4.69, 9.17) is 21.1 Å². The summed E-state index contributed by atoms with van der Waals surface area (Å²) in [6.45, 7) is 7.41. The van der Waals surface area contributed by atoms with E-state index in [0.29, 0.717) is 18.2 Å². The number of hydrazone groups is 1. The number of hydrogen-bond acceptors (Lipinski definition) is 4. The summed E-state index contributed by atoms with van der Waals surface area (Å²) in [5.74, 6) is 1.52. The minimum atomic E-state index is 0.589. The van der Waals surface area contributed by atoms with Crippen molar-refractivity contribution in [2.75, 3.05) is 18.6 Å². The molecule has 5 heteroatoms. The Balaban J connectivity index is 2.01. The van der Waals surface area contributed by atoms with Crippen LogP contribution in [0.4, 0.5) is 5.69 Å². The number of benzene rings is 2. The first kappa shape index (κ1) is 20.1. The molecule has 4 nitrogen and oxygen atoms in total. The van der Waals surface area contributed by atoms with Gasteiger partial charge in [-0.1, -0.05) is 37.4 Å². The molecule has 0 bridgehead atoms. The summed E-state index contributed by atoms with van der Waals surface area (Å²) in [6.07, 6.45) is 5.14. The van der Waals surface area contributed by atoms with Crippen molar-refractivity contribution >= 4 is 23.5 Å². The lowest BCUT2D eigenvalue weighted by Gasteiger charge is -2.12. The average Bonchev–Trinajstić information content (AvgIpc) is 2.63. The van der Waals surface area contributed by atoms with Crippen LogP contribution in [-0.4, -0.2) is 19.4 Å². The second kappa shape index (κ2) is 10.7. The Morgan fingerprint density at radius 1 is 1.04 bits per heavy atom. The molecule has 0 aliphatic heterocycles. The van der Waals surface area contributed by atoms with Crippen molar-refractivity contribution in [2.45, 2.75) is 40.0 Å². The van der Waals surface area contributed by atoms with Crippen molar-refractivity contribution in [3.05, 3.63) is 52.5 Å². The number of unbranched alkanes of at least 4 members (excludes halogenated alkanes) is 2. The van der Waals surface area contributed by atoms with Crippen molar-refractivity contribution in [2.24, 2.45) is 5.10 Å². The van der Waals surface area contributed by atoms with Gasteiger partial charge < -0.3 is 9.47 Å². The number of anilines is 1. The van der Waals surface area contributed by atoms with Gasteiger partial charge in [0.2, 0.25) is 0 Å². The molecule has 0 amide bonds. The van der Waals surface area contributed by atoms with Crippen LogP contribution in [0.15, 0.2) is 41.5 Å².